The minimum Gasteiger partial charge on any atom is -0.339 e. The predicted octanol–water partition coefficient (Wildman–Crippen LogP) is 2.09. The molecule has 1 aromatic carbocycles. The van der Waals surface area contributed by atoms with Gasteiger partial charge in [-0.2, -0.15) is 0 Å². The number of amides is 1. The van der Waals surface area contributed by atoms with Gasteiger partial charge in [-0.1, -0.05) is 23.7 Å². The van der Waals surface area contributed by atoms with Crippen LogP contribution in [0.15, 0.2) is 24.3 Å². The van der Waals surface area contributed by atoms with Crippen LogP contribution in [0.25, 0.3) is 0 Å². The second-order valence-corrected chi connectivity index (χ2v) is 5.87. The number of carbonyl (C=O) groups is 1. The van der Waals surface area contributed by atoms with E-state index in [0.717, 1.165) is 25.2 Å². The molecule has 2 rings (SSSR count). The fourth-order valence-electron chi connectivity index (χ4n) is 2.29. The third kappa shape index (κ3) is 3.47. The summed E-state index contributed by atoms with van der Waals surface area (Å²) in [7, 11) is 0. The first-order valence-electron chi connectivity index (χ1n) is 6.23. The Kier molecular flexibility index (Phi) is 3.93. The van der Waals surface area contributed by atoms with Crippen LogP contribution in [0, 0.1) is 0 Å². The molecule has 0 saturated carbocycles. The maximum atomic E-state index is 12.2. The minimum atomic E-state index is 0.00223. The average molecular weight is 267 g/mol. The molecule has 1 saturated heterocycles. The second-order valence-electron chi connectivity index (χ2n) is 5.43. The minimum absolute atomic E-state index is 0.00223. The van der Waals surface area contributed by atoms with Gasteiger partial charge in [-0.25, -0.2) is 0 Å². The van der Waals surface area contributed by atoms with Crippen LogP contribution in [-0.4, -0.2) is 36.0 Å². The topological polar surface area (TPSA) is 32.3 Å². The first kappa shape index (κ1) is 13.4. The van der Waals surface area contributed by atoms with Crippen LogP contribution < -0.4 is 5.32 Å². The number of nitrogens with one attached hydrogen (secondary N) is 1. The summed E-state index contributed by atoms with van der Waals surface area (Å²) in [4.78, 5) is 14.1. The van der Waals surface area contributed by atoms with Crippen molar-refractivity contribution in [3.63, 3.8) is 0 Å². The van der Waals surface area contributed by atoms with Gasteiger partial charge in [0, 0.05) is 30.2 Å². The van der Waals surface area contributed by atoms with Crippen molar-refractivity contribution in [2.75, 3.05) is 19.6 Å². The van der Waals surface area contributed by atoms with E-state index < -0.39 is 0 Å². The van der Waals surface area contributed by atoms with Crippen LogP contribution in [-0.2, 0) is 11.2 Å². The quantitative estimate of drug-likeness (QED) is 0.889. The van der Waals surface area contributed by atoms with Gasteiger partial charge in [-0.3, -0.25) is 4.79 Å². The van der Waals surface area contributed by atoms with E-state index in [1.54, 1.807) is 0 Å². The van der Waals surface area contributed by atoms with E-state index in [2.05, 4.69) is 19.2 Å². The summed E-state index contributed by atoms with van der Waals surface area (Å²) >= 11 is 5.92. The first-order chi connectivity index (χ1) is 8.46. The molecule has 1 fully saturated rings. The van der Waals surface area contributed by atoms with Gasteiger partial charge in [0.05, 0.1) is 6.42 Å². The summed E-state index contributed by atoms with van der Waals surface area (Å²) in [6, 6.07) is 7.50. The molecule has 1 heterocycles. The Morgan fingerprint density at radius 3 is 2.94 bits per heavy atom. The van der Waals surface area contributed by atoms with E-state index in [4.69, 9.17) is 11.6 Å². The van der Waals surface area contributed by atoms with Gasteiger partial charge in [0.25, 0.3) is 0 Å². The molecule has 1 aliphatic rings. The lowest BCUT2D eigenvalue weighted by Gasteiger charge is -2.39. The van der Waals surface area contributed by atoms with Crippen LogP contribution >= 0.6 is 11.6 Å². The Bertz CT molecular complexity index is 445. The van der Waals surface area contributed by atoms with Crippen LogP contribution in [0.5, 0.6) is 0 Å². The van der Waals surface area contributed by atoms with E-state index in [1.165, 1.54) is 0 Å². The SMILES string of the molecule is CC1(C)CN(C(=O)Cc2cccc(Cl)c2)CCN1. The first-order valence-corrected chi connectivity index (χ1v) is 6.61. The van der Waals surface area contributed by atoms with Crippen molar-refractivity contribution in [3.8, 4) is 0 Å². The molecule has 0 radical (unpaired) electrons. The maximum Gasteiger partial charge on any atom is 0.227 e. The number of halogens is 1. The Labute approximate surface area is 113 Å². The number of benzene rings is 1. The van der Waals surface area contributed by atoms with Crippen LogP contribution in [0.3, 0.4) is 0 Å². The van der Waals surface area contributed by atoms with Crippen molar-refractivity contribution in [1.29, 1.82) is 0 Å². The van der Waals surface area contributed by atoms with Crippen LogP contribution in [0.1, 0.15) is 19.4 Å². The molecular formula is C14H19ClN2O. The van der Waals surface area contributed by atoms with E-state index >= 15 is 0 Å². The number of carbonyl (C=O) groups excluding carboxylic acids is 1. The van der Waals surface area contributed by atoms with Gasteiger partial charge in [-0.15, -0.1) is 0 Å². The predicted molar refractivity (Wildman–Crippen MR) is 73.8 cm³/mol. The summed E-state index contributed by atoms with van der Waals surface area (Å²) in [5.41, 5.74) is 0.978. The third-order valence-corrected chi connectivity index (χ3v) is 3.40. The lowest BCUT2D eigenvalue weighted by Crippen LogP contribution is -2.58. The zero-order chi connectivity index (χ0) is 13.2. The summed E-state index contributed by atoms with van der Waals surface area (Å²) in [6.45, 7) is 6.63. The van der Waals surface area contributed by atoms with Crippen molar-refractivity contribution in [2.45, 2.75) is 25.8 Å². The lowest BCUT2D eigenvalue weighted by atomic mass is 10.0. The molecule has 3 nitrogen and oxygen atoms in total. The van der Waals surface area contributed by atoms with Crippen LogP contribution in [0.2, 0.25) is 5.02 Å². The van der Waals surface area contributed by atoms with Crippen molar-refractivity contribution >= 4 is 17.5 Å². The van der Waals surface area contributed by atoms with Crippen molar-refractivity contribution in [1.82, 2.24) is 10.2 Å². The van der Waals surface area contributed by atoms with E-state index in [-0.39, 0.29) is 11.4 Å². The fraction of sp³-hybridized carbons (Fsp3) is 0.500. The highest BCUT2D eigenvalue weighted by molar-refractivity contribution is 6.30. The van der Waals surface area contributed by atoms with Gasteiger partial charge < -0.3 is 10.2 Å². The number of nitrogens with zero attached hydrogens (tertiary/aromatic N) is 1. The van der Waals surface area contributed by atoms with E-state index in [1.807, 2.05) is 29.2 Å². The zero-order valence-corrected chi connectivity index (χ0v) is 11.6. The second kappa shape index (κ2) is 5.29. The smallest absolute Gasteiger partial charge is 0.227 e. The average Bonchev–Trinajstić information content (AvgIpc) is 2.27. The van der Waals surface area contributed by atoms with Gasteiger partial charge >= 0.3 is 0 Å². The van der Waals surface area contributed by atoms with E-state index in [9.17, 15) is 4.79 Å². The van der Waals surface area contributed by atoms with Crippen molar-refractivity contribution in [3.05, 3.63) is 34.9 Å². The number of hydrogen-bond donors (Lipinski definition) is 1. The molecule has 0 bridgehead atoms. The molecule has 1 aliphatic heterocycles. The molecule has 18 heavy (non-hydrogen) atoms. The molecule has 0 unspecified atom stereocenters. The number of hydrogen-bond acceptors (Lipinski definition) is 2. The molecule has 0 atom stereocenters. The Hall–Kier alpha value is -1.06. The molecule has 1 amide bonds. The number of piperazine rings is 1. The molecule has 1 aromatic rings. The summed E-state index contributed by atoms with van der Waals surface area (Å²) < 4.78 is 0. The largest absolute Gasteiger partial charge is 0.339 e. The molecule has 0 spiro atoms. The molecule has 0 aliphatic carbocycles. The third-order valence-electron chi connectivity index (χ3n) is 3.17. The summed E-state index contributed by atoms with van der Waals surface area (Å²) in [5.74, 6) is 0.173. The van der Waals surface area contributed by atoms with E-state index in [0.29, 0.717) is 11.4 Å². The van der Waals surface area contributed by atoms with Gasteiger partial charge in [0.1, 0.15) is 0 Å². The van der Waals surface area contributed by atoms with Gasteiger partial charge in [0.15, 0.2) is 0 Å². The van der Waals surface area contributed by atoms with Crippen LogP contribution in [0.4, 0.5) is 0 Å². The van der Waals surface area contributed by atoms with Gasteiger partial charge in [0.2, 0.25) is 5.91 Å². The van der Waals surface area contributed by atoms with Crippen molar-refractivity contribution in [2.24, 2.45) is 0 Å². The van der Waals surface area contributed by atoms with Gasteiger partial charge in [-0.05, 0) is 31.5 Å². The Morgan fingerprint density at radius 1 is 1.50 bits per heavy atom. The highest BCUT2D eigenvalue weighted by atomic mass is 35.5. The number of rotatable bonds is 2. The Morgan fingerprint density at radius 2 is 2.28 bits per heavy atom. The molecular weight excluding hydrogens is 248 g/mol. The fourth-order valence-corrected chi connectivity index (χ4v) is 2.50. The summed E-state index contributed by atoms with van der Waals surface area (Å²) in [6.07, 6.45) is 0.427. The highest BCUT2D eigenvalue weighted by Crippen LogP contribution is 2.14. The normalized spacial score (nSPS) is 18.7. The molecule has 1 N–H and O–H groups in total. The summed E-state index contributed by atoms with van der Waals surface area (Å²) in [5, 5.41) is 4.08. The standard InChI is InChI=1S/C14H19ClN2O/c1-14(2)10-17(7-6-16-14)13(18)9-11-4-3-5-12(15)8-11/h3-5,8,16H,6-7,9-10H2,1-2H3. The van der Waals surface area contributed by atoms with Crippen molar-refractivity contribution < 1.29 is 4.79 Å². The lowest BCUT2D eigenvalue weighted by molar-refractivity contribution is -0.132. The molecule has 0 aromatic heterocycles. The highest BCUT2D eigenvalue weighted by Gasteiger charge is 2.28. The zero-order valence-electron chi connectivity index (χ0n) is 10.9. The molecule has 4 heteroatoms. The monoisotopic (exact) mass is 266 g/mol. The molecule has 98 valence electrons. The maximum absolute atomic E-state index is 12.2. The Balaban J connectivity index is 2.00.